The SMILES string of the molecule is Cn1c(=O)ccn(CC(=O)N2CCCCC2c2nnc(-c3ccccc3F)o2)c1=O. The number of carbonyl (C=O) groups is 1. The third-order valence-electron chi connectivity index (χ3n) is 5.22. The molecule has 3 heterocycles. The van der Waals surface area contributed by atoms with Crippen molar-refractivity contribution in [3.8, 4) is 11.5 Å². The van der Waals surface area contributed by atoms with Crippen molar-refractivity contribution < 1.29 is 13.6 Å². The minimum atomic E-state index is -0.566. The first-order chi connectivity index (χ1) is 14.5. The van der Waals surface area contributed by atoms with Crippen molar-refractivity contribution in [1.82, 2.24) is 24.2 Å². The van der Waals surface area contributed by atoms with Gasteiger partial charge in [0, 0.05) is 25.9 Å². The van der Waals surface area contributed by atoms with E-state index in [0.717, 1.165) is 17.4 Å². The van der Waals surface area contributed by atoms with Crippen molar-refractivity contribution in [2.75, 3.05) is 6.54 Å². The van der Waals surface area contributed by atoms with Crippen molar-refractivity contribution >= 4 is 5.91 Å². The van der Waals surface area contributed by atoms with E-state index in [1.807, 2.05) is 0 Å². The van der Waals surface area contributed by atoms with Gasteiger partial charge in [0.2, 0.25) is 11.8 Å². The number of hydrogen-bond acceptors (Lipinski definition) is 6. The van der Waals surface area contributed by atoms with Crippen molar-refractivity contribution in [3.05, 3.63) is 69.1 Å². The Morgan fingerprint density at radius 2 is 2.00 bits per heavy atom. The van der Waals surface area contributed by atoms with Crippen LogP contribution < -0.4 is 11.2 Å². The van der Waals surface area contributed by atoms with E-state index >= 15 is 0 Å². The summed E-state index contributed by atoms with van der Waals surface area (Å²) in [6.07, 6.45) is 3.60. The van der Waals surface area contributed by atoms with Gasteiger partial charge in [-0.3, -0.25) is 18.7 Å². The van der Waals surface area contributed by atoms with E-state index < -0.39 is 23.1 Å². The second-order valence-electron chi connectivity index (χ2n) is 7.15. The summed E-state index contributed by atoms with van der Waals surface area (Å²) >= 11 is 0. The molecule has 0 saturated carbocycles. The first kappa shape index (κ1) is 19.7. The van der Waals surface area contributed by atoms with Crippen molar-refractivity contribution in [1.29, 1.82) is 0 Å². The fourth-order valence-corrected chi connectivity index (χ4v) is 3.57. The van der Waals surface area contributed by atoms with Crippen molar-refractivity contribution in [3.63, 3.8) is 0 Å². The monoisotopic (exact) mass is 413 g/mol. The van der Waals surface area contributed by atoms with Crippen molar-refractivity contribution in [2.24, 2.45) is 7.05 Å². The van der Waals surface area contributed by atoms with Crippen LogP contribution in [0.4, 0.5) is 4.39 Å². The first-order valence-corrected chi connectivity index (χ1v) is 9.60. The molecular formula is C20H20FN5O4. The molecule has 1 saturated heterocycles. The highest BCUT2D eigenvalue weighted by Crippen LogP contribution is 2.32. The van der Waals surface area contributed by atoms with Crippen molar-refractivity contribution in [2.45, 2.75) is 31.8 Å². The van der Waals surface area contributed by atoms with Gasteiger partial charge in [-0.05, 0) is 31.4 Å². The van der Waals surface area contributed by atoms with Crippen LogP contribution in [0.5, 0.6) is 0 Å². The number of aromatic nitrogens is 4. The second kappa shape index (κ2) is 8.05. The average Bonchev–Trinajstić information content (AvgIpc) is 3.24. The van der Waals surface area contributed by atoms with E-state index in [2.05, 4.69) is 10.2 Å². The number of hydrogen-bond donors (Lipinski definition) is 0. The number of likely N-dealkylation sites (tertiary alicyclic amines) is 1. The zero-order valence-corrected chi connectivity index (χ0v) is 16.3. The van der Waals surface area contributed by atoms with Crippen LogP contribution in [0, 0.1) is 5.82 Å². The van der Waals surface area contributed by atoms with E-state index in [1.165, 1.54) is 29.9 Å². The summed E-state index contributed by atoms with van der Waals surface area (Å²) < 4.78 is 21.9. The van der Waals surface area contributed by atoms with E-state index in [1.54, 1.807) is 23.1 Å². The second-order valence-corrected chi connectivity index (χ2v) is 7.15. The molecule has 0 N–H and O–H groups in total. The molecule has 0 aliphatic carbocycles. The van der Waals surface area contributed by atoms with Crippen LogP contribution in [-0.4, -0.2) is 36.7 Å². The van der Waals surface area contributed by atoms with Crippen LogP contribution in [-0.2, 0) is 18.4 Å². The Balaban J connectivity index is 1.59. The van der Waals surface area contributed by atoms with Gasteiger partial charge >= 0.3 is 5.69 Å². The molecule has 0 bridgehead atoms. The number of amides is 1. The summed E-state index contributed by atoms with van der Waals surface area (Å²) in [5.41, 5.74) is -0.809. The summed E-state index contributed by atoms with van der Waals surface area (Å²) in [6.45, 7) is 0.263. The molecule has 30 heavy (non-hydrogen) atoms. The summed E-state index contributed by atoms with van der Waals surface area (Å²) in [5.74, 6) is -0.492. The molecule has 2 aromatic heterocycles. The predicted molar refractivity (Wildman–Crippen MR) is 104 cm³/mol. The largest absolute Gasteiger partial charge is 0.418 e. The lowest BCUT2D eigenvalue weighted by Crippen LogP contribution is -2.44. The zero-order chi connectivity index (χ0) is 21.3. The fraction of sp³-hybridized carbons (Fsp3) is 0.350. The lowest BCUT2D eigenvalue weighted by molar-refractivity contribution is -0.136. The highest BCUT2D eigenvalue weighted by atomic mass is 19.1. The van der Waals surface area contributed by atoms with E-state index in [0.29, 0.717) is 13.0 Å². The van der Waals surface area contributed by atoms with Crippen LogP contribution in [0.15, 0.2) is 50.5 Å². The van der Waals surface area contributed by atoms with Gasteiger partial charge in [0.25, 0.3) is 11.4 Å². The van der Waals surface area contributed by atoms with E-state index in [4.69, 9.17) is 4.42 Å². The normalized spacial score (nSPS) is 16.6. The lowest BCUT2D eigenvalue weighted by Gasteiger charge is -2.33. The Morgan fingerprint density at radius 1 is 1.20 bits per heavy atom. The minimum absolute atomic E-state index is 0.0513. The maximum atomic E-state index is 14.0. The summed E-state index contributed by atoms with van der Waals surface area (Å²) in [5, 5.41) is 8.00. The van der Waals surface area contributed by atoms with Gasteiger partial charge in [-0.1, -0.05) is 12.1 Å². The number of benzene rings is 1. The van der Waals surface area contributed by atoms with Gasteiger partial charge in [0.15, 0.2) is 0 Å². The highest BCUT2D eigenvalue weighted by Gasteiger charge is 2.32. The Kier molecular flexibility index (Phi) is 5.30. The topological polar surface area (TPSA) is 103 Å². The van der Waals surface area contributed by atoms with Gasteiger partial charge in [0.05, 0.1) is 5.56 Å². The third-order valence-corrected chi connectivity index (χ3v) is 5.22. The molecule has 1 amide bonds. The Labute approximate surface area is 170 Å². The average molecular weight is 413 g/mol. The standard InChI is InChI=1S/C20H20FN5O4/c1-24-16(27)9-11-25(20(24)29)12-17(28)26-10-5-4-8-15(26)19-23-22-18(30-19)13-6-2-3-7-14(13)21/h2-3,6-7,9,11,15H,4-5,8,10,12H2,1H3. The first-order valence-electron chi connectivity index (χ1n) is 9.60. The molecule has 156 valence electrons. The Hall–Kier alpha value is -3.56. The lowest BCUT2D eigenvalue weighted by atomic mass is 10.0. The van der Waals surface area contributed by atoms with Gasteiger partial charge in [-0.25, -0.2) is 9.18 Å². The number of halogens is 1. The molecule has 9 nitrogen and oxygen atoms in total. The summed E-state index contributed by atoms with van der Waals surface area (Å²) in [7, 11) is 1.36. The smallest absolute Gasteiger partial charge is 0.331 e. The van der Waals surface area contributed by atoms with Crippen LogP contribution in [0.1, 0.15) is 31.2 Å². The molecule has 0 radical (unpaired) electrons. The molecule has 1 aliphatic heterocycles. The zero-order valence-electron chi connectivity index (χ0n) is 16.3. The van der Waals surface area contributed by atoms with Gasteiger partial charge < -0.3 is 9.32 Å². The van der Waals surface area contributed by atoms with Gasteiger partial charge in [-0.15, -0.1) is 10.2 Å². The maximum absolute atomic E-state index is 14.0. The quantitative estimate of drug-likeness (QED) is 0.642. The molecule has 1 fully saturated rings. The molecule has 1 aliphatic rings. The fourth-order valence-electron chi connectivity index (χ4n) is 3.57. The molecule has 4 rings (SSSR count). The third kappa shape index (κ3) is 3.68. The van der Waals surface area contributed by atoms with E-state index in [-0.39, 0.29) is 29.8 Å². The molecule has 1 aromatic carbocycles. The minimum Gasteiger partial charge on any atom is -0.418 e. The molecule has 3 aromatic rings. The van der Waals surface area contributed by atoms with Crippen LogP contribution in [0.2, 0.25) is 0 Å². The van der Waals surface area contributed by atoms with E-state index in [9.17, 15) is 18.8 Å². The maximum Gasteiger partial charge on any atom is 0.331 e. The number of nitrogens with zero attached hydrogens (tertiary/aromatic N) is 5. The molecular weight excluding hydrogens is 393 g/mol. The van der Waals surface area contributed by atoms with Gasteiger partial charge in [0.1, 0.15) is 18.4 Å². The number of rotatable bonds is 4. The summed E-state index contributed by atoms with van der Waals surface area (Å²) in [6, 6.07) is 6.87. The highest BCUT2D eigenvalue weighted by molar-refractivity contribution is 5.76. The number of carbonyl (C=O) groups excluding carboxylic acids is 1. The van der Waals surface area contributed by atoms with Crippen LogP contribution in [0.25, 0.3) is 11.5 Å². The Morgan fingerprint density at radius 3 is 2.80 bits per heavy atom. The number of piperidine rings is 1. The molecule has 1 unspecified atom stereocenters. The van der Waals surface area contributed by atoms with Crippen LogP contribution >= 0.6 is 0 Å². The molecule has 10 heteroatoms. The summed E-state index contributed by atoms with van der Waals surface area (Å²) in [4.78, 5) is 38.3. The Bertz CT molecular complexity index is 1200. The van der Waals surface area contributed by atoms with Crippen LogP contribution in [0.3, 0.4) is 0 Å². The molecule has 0 spiro atoms. The van der Waals surface area contributed by atoms with Gasteiger partial charge in [-0.2, -0.15) is 0 Å². The molecule has 1 atom stereocenters. The predicted octanol–water partition coefficient (Wildman–Crippen LogP) is 1.49.